The number of aromatic nitrogens is 1. The van der Waals surface area contributed by atoms with Gasteiger partial charge in [-0.25, -0.2) is 12.8 Å². The van der Waals surface area contributed by atoms with E-state index in [0.717, 1.165) is 34.3 Å². The standard InChI is InChI=1S/C21H21FN2O4S/c1-23(29(27,28)16-9-6-14(22)7-10-16)15-8-11-20-18(12-15)17-4-2-3-5-19(17)24(20)13-21(25)26/h2-7,9-10,15H,8,11-13H2,1H3,(H,25,26)/t15-/m0/s1. The zero-order valence-electron chi connectivity index (χ0n) is 15.9. The van der Waals surface area contributed by atoms with Crippen molar-refractivity contribution in [3.05, 3.63) is 65.6 Å². The van der Waals surface area contributed by atoms with Crippen molar-refractivity contribution in [1.82, 2.24) is 8.87 Å². The van der Waals surface area contributed by atoms with Crippen LogP contribution in [0.15, 0.2) is 53.4 Å². The number of rotatable bonds is 5. The highest BCUT2D eigenvalue weighted by molar-refractivity contribution is 7.89. The fraction of sp³-hybridized carbons (Fsp3) is 0.286. The number of benzene rings is 2. The molecule has 1 N–H and O–H groups in total. The van der Waals surface area contributed by atoms with E-state index in [1.165, 1.54) is 16.4 Å². The minimum atomic E-state index is -3.76. The SMILES string of the molecule is CN([C@H]1CCc2c(c3ccccc3n2CC(=O)O)C1)S(=O)(=O)c1ccc(F)cc1. The van der Waals surface area contributed by atoms with Gasteiger partial charge in [-0.2, -0.15) is 4.31 Å². The Morgan fingerprint density at radius 3 is 2.59 bits per heavy atom. The number of nitrogens with zero attached hydrogens (tertiary/aromatic N) is 2. The summed E-state index contributed by atoms with van der Waals surface area (Å²) in [5, 5.41) is 10.3. The van der Waals surface area contributed by atoms with E-state index in [1.807, 2.05) is 28.8 Å². The van der Waals surface area contributed by atoms with Gasteiger partial charge >= 0.3 is 5.97 Å². The smallest absolute Gasteiger partial charge is 0.323 e. The van der Waals surface area contributed by atoms with Crippen LogP contribution in [0.1, 0.15) is 17.7 Å². The van der Waals surface area contributed by atoms with Gasteiger partial charge in [0.1, 0.15) is 12.4 Å². The molecule has 0 saturated carbocycles. The van der Waals surface area contributed by atoms with Crippen molar-refractivity contribution in [1.29, 1.82) is 0 Å². The third-order valence-electron chi connectivity index (χ3n) is 5.65. The molecule has 6 nitrogen and oxygen atoms in total. The van der Waals surface area contributed by atoms with Crippen LogP contribution in [-0.4, -0.2) is 41.5 Å². The van der Waals surface area contributed by atoms with Crippen molar-refractivity contribution < 1.29 is 22.7 Å². The van der Waals surface area contributed by atoms with Gasteiger partial charge in [0.2, 0.25) is 10.0 Å². The Kier molecular flexibility index (Phi) is 4.92. The largest absolute Gasteiger partial charge is 0.480 e. The molecular weight excluding hydrogens is 395 g/mol. The predicted octanol–water partition coefficient (Wildman–Crippen LogP) is 3.04. The maximum Gasteiger partial charge on any atom is 0.323 e. The average molecular weight is 416 g/mol. The van der Waals surface area contributed by atoms with Gasteiger partial charge in [-0.1, -0.05) is 18.2 Å². The van der Waals surface area contributed by atoms with Crippen molar-refractivity contribution in [3.8, 4) is 0 Å². The van der Waals surface area contributed by atoms with Crippen LogP contribution >= 0.6 is 0 Å². The van der Waals surface area contributed by atoms with Gasteiger partial charge in [0, 0.05) is 29.7 Å². The summed E-state index contributed by atoms with van der Waals surface area (Å²) in [5.74, 6) is -1.40. The van der Waals surface area contributed by atoms with Crippen LogP contribution in [0.4, 0.5) is 4.39 Å². The predicted molar refractivity (Wildman–Crippen MR) is 107 cm³/mol. The monoisotopic (exact) mass is 416 g/mol. The Bertz CT molecular complexity index is 1190. The fourth-order valence-electron chi connectivity index (χ4n) is 4.18. The lowest BCUT2D eigenvalue weighted by Crippen LogP contribution is -2.40. The zero-order chi connectivity index (χ0) is 20.8. The number of aliphatic carboxylic acids is 1. The molecule has 1 heterocycles. The molecular formula is C21H21FN2O4S. The number of hydrogen-bond acceptors (Lipinski definition) is 3. The van der Waals surface area contributed by atoms with E-state index in [4.69, 9.17) is 0 Å². The first kappa shape index (κ1) is 19.6. The van der Waals surface area contributed by atoms with E-state index in [0.29, 0.717) is 19.3 Å². The first-order valence-corrected chi connectivity index (χ1v) is 10.8. The number of sulfonamides is 1. The molecule has 0 aliphatic heterocycles. The summed E-state index contributed by atoms with van der Waals surface area (Å²) >= 11 is 0. The molecule has 8 heteroatoms. The van der Waals surface area contributed by atoms with Crippen molar-refractivity contribution in [2.24, 2.45) is 0 Å². The van der Waals surface area contributed by atoms with E-state index >= 15 is 0 Å². The molecule has 1 atom stereocenters. The number of halogens is 1. The molecule has 0 spiro atoms. The summed E-state index contributed by atoms with van der Waals surface area (Å²) in [5.41, 5.74) is 2.81. The highest BCUT2D eigenvalue weighted by Crippen LogP contribution is 2.34. The summed E-state index contributed by atoms with van der Waals surface area (Å²) in [6.45, 7) is -0.121. The molecule has 0 unspecified atom stereocenters. The molecule has 0 bridgehead atoms. The Morgan fingerprint density at radius 2 is 1.90 bits per heavy atom. The number of hydrogen-bond donors (Lipinski definition) is 1. The molecule has 0 radical (unpaired) electrons. The second-order valence-corrected chi connectivity index (χ2v) is 9.29. The summed E-state index contributed by atoms with van der Waals surface area (Å²) in [6.07, 6.45) is 1.67. The molecule has 29 heavy (non-hydrogen) atoms. The molecule has 2 aromatic carbocycles. The minimum Gasteiger partial charge on any atom is -0.480 e. The summed E-state index contributed by atoms with van der Waals surface area (Å²) in [7, 11) is -2.21. The Balaban J connectivity index is 1.70. The second-order valence-electron chi connectivity index (χ2n) is 7.29. The van der Waals surface area contributed by atoms with E-state index in [9.17, 15) is 22.7 Å². The summed E-state index contributed by atoms with van der Waals surface area (Å²) in [4.78, 5) is 11.4. The molecule has 152 valence electrons. The molecule has 3 aromatic rings. The fourth-order valence-corrected chi connectivity index (χ4v) is 5.56. The second kappa shape index (κ2) is 7.27. The maximum atomic E-state index is 13.2. The first-order chi connectivity index (χ1) is 13.8. The van der Waals surface area contributed by atoms with Crippen LogP contribution < -0.4 is 0 Å². The third kappa shape index (κ3) is 3.42. The Labute approximate surface area is 168 Å². The van der Waals surface area contributed by atoms with Gasteiger partial charge in [-0.3, -0.25) is 4.79 Å². The Morgan fingerprint density at radius 1 is 1.21 bits per heavy atom. The van der Waals surface area contributed by atoms with Crippen molar-refractivity contribution in [2.45, 2.75) is 36.7 Å². The van der Waals surface area contributed by atoms with Crippen molar-refractivity contribution in [2.75, 3.05) is 7.05 Å². The lowest BCUT2D eigenvalue weighted by molar-refractivity contribution is -0.137. The molecule has 1 aromatic heterocycles. The van der Waals surface area contributed by atoms with E-state index in [-0.39, 0.29) is 17.5 Å². The number of para-hydroxylation sites is 1. The molecule has 1 aliphatic carbocycles. The number of carbonyl (C=O) groups is 1. The quantitative estimate of drug-likeness (QED) is 0.693. The van der Waals surface area contributed by atoms with Gasteiger partial charge < -0.3 is 9.67 Å². The molecule has 1 aliphatic rings. The van der Waals surface area contributed by atoms with E-state index in [2.05, 4.69) is 0 Å². The van der Waals surface area contributed by atoms with Crippen LogP contribution in [0.5, 0.6) is 0 Å². The van der Waals surface area contributed by atoms with Crippen LogP contribution in [-0.2, 0) is 34.2 Å². The van der Waals surface area contributed by atoms with Gasteiger partial charge in [0.05, 0.1) is 4.90 Å². The van der Waals surface area contributed by atoms with E-state index < -0.39 is 21.8 Å². The minimum absolute atomic E-state index is 0.0560. The maximum absolute atomic E-state index is 13.2. The third-order valence-corrected chi connectivity index (χ3v) is 7.57. The molecule has 0 fully saturated rings. The average Bonchev–Trinajstić information content (AvgIpc) is 3.00. The van der Waals surface area contributed by atoms with Gasteiger partial charge in [-0.15, -0.1) is 0 Å². The highest BCUT2D eigenvalue weighted by atomic mass is 32.2. The Hall–Kier alpha value is -2.71. The number of likely N-dealkylation sites (N-methyl/N-ethyl adjacent to an activating group) is 1. The molecule has 4 rings (SSSR count). The van der Waals surface area contributed by atoms with Crippen molar-refractivity contribution in [3.63, 3.8) is 0 Å². The van der Waals surface area contributed by atoms with Crippen molar-refractivity contribution >= 4 is 26.9 Å². The first-order valence-electron chi connectivity index (χ1n) is 9.33. The summed E-state index contributed by atoms with van der Waals surface area (Å²) < 4.78 is 42.3. The van der Waals surface area contributed by atoms with Gasteiger partial charge in [-0.05, 0) is 55.2 Å². The van der Waals surface area contributed by atoms with Crippen LogP contribution in [0.2, 0.25) is 0 Å². The van der Waals surface area contributed by atoms with Gasteiger partial charge in [0.25, 0.3) is 0 Å². The van der Waals surface area contributed by atoms with Crippen LogP contribution in [0.25, 0.3) is 10.9 Å². The number of fused-ring (bicyclic) bond motifs is 3. The van der Waals surface area contributed by atoms with E-state index in [1.54, 1.807) is 7.05 Å². The molecule has 0 saturated heterocycles. The lowest BCUT2D eigenvalue weighted by atomic mass is 9.91. The normalized spacial score (nSPS) is 16.9. The topological polar surface area (TPSA) is 79.6 Å². The van der Waals surface area contributed by atoms with Crippen LogP contribution in [0.3, 0.4) is 0 Å². The summed E-state index contributed by atoms with van der Waals surface area (Å²) in [6, 6.07) is 12.2. The number of carboxylic acid groups (broad SMARTS) is 1. The van der Waals surface area contributed by atoms with Gasteiger partial charge in [0.15, 0.2) is 0 Å². The molecule has 0 amide bonds. The lowest BCUT2D eigenvalue weighted by Gasteiger charge is -2.31. The zero-order valence-corrected chi connectivity index (χ0v) is 16.7. The number of carboxylic acids is 1. The van der Waals surface area contributed by atoms with Crippen LogP contribution in [0, 0.1) is 5.82 Å². The highest BCUT2D eigenvalue weighted by Gasteiger charge is 2.33.